The van der Waals surface area contributed by atoms with E-state index >= 15 is 0 Å². The summed E-state index contributed by atoms with van der Waals surface area (Å²) >= 11 is 6.16. The quantitative estimate of drug-likeness (QED) is 0.686. The Labute approximate surface area is 127 Å². The number of halogens is 2. The molecule has 0 radical (unpaired) electrons. The summed E-state index contributed by atoms with van der Waals surface area (Å²) < 4.78 is 13.3. The molecule has 4 heteroatoms. The Morgan fingerprint density at radius 1 is 1.05 bits per heavy atom. The minimum Gasteiger partial charge on any atom is -0.340 e. The molecular weight excluding hydrogens is 287 g/mol. The Morgan fingerprint density at radius 3 is 2.62 bits per heavy atom. The first-order chi connectivity index (χ1) is 10.0. The van der Waals surface area contributed by atoms with Crippen LogP contribution in [0.5, 0.6) is 0 Å². The van der Waals surface area contributed by atoms with Gasteiger partial charge in [0, 0.05) is 22.3 Å². The van der Waals surface area contributed by atoms with Crippen LogP contribution in [0.1, 0.15) is 11.1 Å². The Bertz CT molecular complexity index is 830. The van der Waals surface area contributed by atoms with Crippen LogP contribution in [0.15, 0.2) is 42.6 Å². The van der Waals surface area contributed by atoms with Crippen molar-refractivity contribution in [1.29, 1.82) is 0 Å². The lowest BCUT2D eigenvalue weighted by Gasteiger charge is -2.11. The second-order valence-electron chi connectivity index (χ2n) is 5.07. The van der Waals surface area contributed by atoms with Gasteiger partial charge in [0.2, 0.25) is 0 Å². The zero-order valence-electron chi connectivity index (χ0n) is 11.7. The van der Waals surface area contributed by atoms with Crippen LogP contribution in [-0.4, -0.2) is 4.98 Å². The number of nitrogens with zero attached hydrogens (tertiary/aromatic N) is 1. The van der Waals surface area contributed by atoms with Gasteiger partial charge in [0.15, 0.2) is 0 Å². The summed E-state index contributed by atoms with van der Waals surface area (Å²) in [5, 5.41) is 5.98. The molecule has 0 saturated carbocycles. The van der Waals surface area contributed by atoms with Crippen molar-refractivity contribution >= 4 is 33.9 Å². The highest BCUT2D eigenvalue weighted by Crippen LogP contribution is 2.29. The molecule has 3 rings (SSSR count). The fourth-order valence-corrected chi connectivity index (χ4v) is 2.43. The van der Waals surface area contributed by atoms with E-state index in [-0.39, 0.29) is 5.82 Å². The third kappa shape index (κ3) is 2.69. The van der Waals surface area contributed by atoms with Gasteiger partial charge in [0.25, 0.3) is 0 Å². The Balaban J connectivity index is 2.07. The molecule has 0 unspecified atom stereocenters. The van der Waals surface area contributed by atoms with Gasteiger partial charge in [-0.1, -0.05) is 11.6 Å². The number of fused-ring (bicyclic) bond motifs is 1. The van der Waals surface area contributed by atoms with Gasteiger partial charge in [0.1, 0.15) is 11.6 Å². The van der Waals surface area contributed by atoms with Crippen molar-refractivity contribution in [2.24, 2.45) is 0 Å². The van der Waals surface area contributed by atoms with E-state index in [0.717, 1.165) is 32.9 Å². The third-order valence-electron chi connectivity index (χ3n) is 3.46. The van der Waals surface area contributed by atoms with Crippen LogP contribution < -0.4 is 5.32 Å². The van der Waals surface area contributed by atoms with Gasteiger partial charge in [-0.15, -0.1) is 0 Å². The van der Waals surface area contributed by atoms with E-state index in [1.165, 1.54) is 6.07 Å². The maximum Gasteiger partial charge on any atom is 0.138 e. The lowest BCUT2D eigenvalue weighted by Crippen LogP contribution is -1.96. The summed E-state index contributed by atoms with van der Waals surface area (Å²) in [5.74, 6) is 0.521. The van der Waals surface area contributed by atoms with Gasteiger partial charge in [-0.05, 0) is 66.8 Å². The van der Waals surface area contributed by atoms with Crippen LogP contribution >= 0.6 is 11.6 Å². The van der Waals surface area contributed by atoms with E-state index in [4.69, 9.17) is 11.6 Å². The Morgan fingerprint density at radius 2 is 1.86 bits per heavy atom. The smallest absolute Gasteiger partial charge is 0.138 e. The number of pyridine rings is 1. The summed E-state index contributed by atoms with van der Waals surface area (Å²) in [7, 11) is 0. The zero-order valence-corrected chi connectivity index (χ0v) is 12.5. The molecule has 106 valence electrons. The van der Waals surface area contributed by atoms with Crippen LogP contribution in [0.25, 0.3) is 10.8 Å². The Kier molecular flexibility index (Phi) is 3.52. The van der Waals surface area contributed by atoms with Gasteiger partial charge in [-0.2, -0.15) is 0 Å². The summed E-state index contributed by atoms with van der Waals surface area (Å²) in [5.41, 5.74) is 2.40. The van der Waals surface area contributed by atoms with Crippen molar-refractivity contribution in [3.8, 4) is 0 Å². The lowest BCUT2D eigenvalue weighted by atomic mass is 10.1. The number of aryl methyl sites for hydroxylation is 2. The van der Waals surface area contributed by atoms with E-state index in [9.17, 15) is 4.39 Å². The molecule has 21 heavy (non-hydrogen) atoms. The van der Waals surface area contributed by atoms with Crippen molar-refractivity contribution < 1.29 is 4.39 Å². The topological polar surface area (TPSA) is 24.9 Å². The van der Waals surface area contributed by atoms with E-state index in [0.29, 0.717) is 5.56 Å². The number of rotatable bonds is 2. The molecule has 0 atom stereocenters. The molecule has 2 nitrogen and oxygen atoms in total. The van der Waals surface area contributed by atoms with Crippen molar-refractivity contribution in [1.82, 2.24) is 4.98 Å². The van der Waals surface area contributed by atoms with E-state index in [1.807, 2.05) is 25.1 Å². The first-order valence-electron chi connectivity index (χ1n) is 6.62. The molecule has 0 aliphatic carbocycles. The molecule has 3 aromatic rings. The summed E-state index contributed by atoms with van der Waals surface area (Å²) in [6.07, 6.45) is 1.73. The molecule has 0 aliphatic rings. The van der Waals surface area contributed by atoms with Crippen molar-refractivity contribution in [2.45, 2.75) is 13.8 Å². The predicted molar refractivity (Wildman–Crippen MR) is 85.9 cm³/mol. The number of nitrogens with one attached hydrogen (secondary N) is 1. The van der Waals surface area contributed by atoms with Gasteiger partial charge < -0.3 is 5.32 Å². The first kappa shape index (κ1) is 13.8. The van der Waals surface area contributed by atoms with Crippen LogP contribution in [0.3, 0.4) is 0 Å². The first-order valence-corrected chi connectivity index (χ1v) is 7.00. The standard InChI is InChI=1S/C17H14ClFN2/c1-10-8-14-12(9-15(10)18)5-6-20-17(14)21-13-3-4-16(19)11(2)7-13/h3-9H,1-2H3,(H,20,21). The predicted octanol–water partition coefficient (Wildman–Crippen LogP) is 5.39. The average molecular weight is 301 g/mol. The Hall–Kier alpha value is -2.13. The molecule has 0 bridgehead atoms. The number of anilines is 2. The average Bonchev–Trinajstić information content (AvgIpc) is 2.45. The van der Waals surface area contributed by atoms with Gasteiger partial charge >= 0.3 is 0 Å². The maximum absolute atomic E-state index is 13.3. The number of hydrogen-bond donors (Lipinski definition) is 1. The summed E-state index contributed by atoms with van der Waals surface area (Å²) in [4.78, 5) is 4.38. The van der Waals surface area contributed by atoms with Gasteiger partial charge in [-0.25, -0.2) is 9.37 Å². The fourth-order valence-electron chi connectivity index (χ4n) is 2.26. The molecule has 0 aliphatic heterocycles. The van der Waals surface area contributed by atoms with E-state index < -0.39 is 0 Å². The summed E-state index contributed by atoms with van der Waals surface area (Å²) in [6, 6.07) is 10.8. The molecule has 1 heterocycles. The lowest BCUT2D eigenvalue weighted by molar-refractivity contribution is 0.619. The highest BCUT2D eigenvalue weighted by atomic mass is 35.5. The molecular formula is C17H14ClFN2. The monoisotopic (exact) mass is 300 g/mol. The fraction of sp³-hybridized carbons (Fsp3) is 0.118. The largest absolute Gasteiger partial charge is 0.340 e. The normalized spacial score (nSPS) is 10.9. The number of aromatic nitrogens is 1. The van der Waals surface area contributed by atoms with E-state index in [2.05, 4.69) is 10.3 Å². The molecule has 0 fully saturated rings. The molecule has 1 aromatic heterocycles. The van der Waals surface area contributed by atoms with Crippen LogP contribution in [0, 0.1) is 19.7 Å². The zero-order chi connectivity index (χ0) is 15.0. The molecule has 0 amide bonds. The summed E-state index contributed by atoms with van der Waals surface area (Å²) in [6.45, 7) is 3.70. The van der Waals surface area contributed by atoms with Crippen molar-refractivity contribution in [3.05, 3.63) is 64.6 Å². The SMILES string of the molecule is Cc1cc(Nc2nccc3cc(Cl)c(C)cc23)ccc1F. The molecule has 0 spiro atoms. The molecule has 1 N–H and O–H groups in total. The van der Waals surface area contributed by atoms with Gasteiger partial charge in [0.05, 0.1) is 0 Å². The minimum atomic E-state index is -0.214. The number of hydrogen-bond acceptors (Lipinski definition) is 2. The number of benzene rings is 2. The van der Waals surface area contributed by atoms with Gasteiger partial charge in [-0.3, -0.25) is 0 Å². The van der Waals surface area contributed by atoms with Crippen molar-refractivity contribution in [3.63, 3.8) is 0 Å². The highest BCUT2D eigenvalue weighted by molar-refractivity contribution is 6.32. The second-order valence-corrected chi connectivity index (χ2v) is 5.48. The van der Waals surface area contributed by atoms with Crippen LogP contribution in [-0.2, 0) is 0 Å². The molecule has 0 saturated heterocycles. The van der Waals surface area contributed by atoms with Crippen LogP contribution in [0.4, 0.5) is 15.9 Å². The van der Waals surface area contributed by atoms with E-state index in [1.54, 1.807) is 25.3 Å². The highest BCUT2D eigenvalue weighted by Gasteiger charge is 2.07. The van der Waals surface area contributed by atoms with Crippen LogP contribution in [0.2, 0.25) is 5.02 Å². The van der Waals surface area contributed by atoms with Crippen molar-refractivity contribution in [2.75, 3.05) is 5.32 Å². The maximum atomic E-state index is 13.3. The third-order valence-corrected chi connectivity index (χ3v) is 3.87. The molecule has 2 aromatic carbocycles. The second kappa shape index (κ2) is 5.34. The minimum absolute atomic E-state index is 0.214.